The lowest BCUT2D eigenvalue weighted by Gasteiger charge is -2.11. The van der Waals surface area contributed by atoms with Gasteiger partial charge in [0.05, 0.1) is 21.8 Å². The molecule has 0 atom stereocenters. The van der Waals surface area contributed by atoms with E-state index in [1.54, 1.807) is 6.07 Å². The Morgan fingerprint density at radius 3 is 2.68 bits per heavy atom. The van der Waals surface area contributed by atoms with Crippen LogP contribution in [0.15, 0.2) is 47.3 Å². The Morgan fingerprint density at radius 1 is 1.08 bits per heavy atom. The molecule has 3 rings (SSSR count). The van der Waals surface area contributed by atoms with Crippen LogP contribution in [0.1, 0.15) is 19.3 Å². The summed E-state index contributed by atoms with van der Waals surface area (Å²) in [7, 11) is 0. The highest BCUT2D eigenvalue weighted by Crippen LogP contribution is 2.30. The molecule has 1 aromatic heterocycles. The largest absolute Gasteiger partial charge is 0.384 e. The fourth-order valence-corrected chi connectivity index (χ4v) is 3.00. The van der Waals surface area contributed by atoms with Gasteiger partial charge in [0.2, 0.25) is 0 Å². The molecule has 0 unspecified atom stereocenters. The molecule has 0 spiro atoms. The number of H-pyrrole nitrogens is 1. The van der Waals surface area contributed by atoms with E-state index in [1.807, 2.05) is 36.4 Å². The zero-order chi connectivity index (χ0) is 17.6. The van der Waals surface area contributed by atoms with Crippen molar-refractivity contribution in [2.45, 2.75) is 19.3 Å². The summed E-state index contributed by atoms with van der Waals surface area (Å²) >= 11 is 6.31. The standard InChI is InChI=1S/C19H21ClN4O/c20-16-9-8-13(12-17(16)22-11-5-1-4-10-21)18-14-6-2-3-7-15(14)19(25)24-23-18/h2-3,6-9,12,22H,1,4-5,10-11,21H2,(H,24,25). The molecule has 3 aromatic rings. The SMILES string of the molecule is NCCCCCNc1cc(-c2n[nH]c(=O)c3ccccc23)ccc1Cl. The van der Waals surface area contributed by atoms with Crippen LogP contribution in [0.4, 0.5) is 5.69 Å². The second-order valence-corrected chi connectivity index (χ2v) is 6.32. The molecule has 0 radical (unpaired) electrons. The van der Waals surface area contributed by atoms with Crippen LogP contribution in [0, 0.1) is 0 Å². The van der Waals surface area contributed by atoms with Gasteiger partial charge in [-0.05, 0) is 37.6 Å². The minimum atomic E-state index is -0.188. The molecule has 2 aromatic carbocycles. The van der Waals surface area contributed by atoms with Gasteiger partial charge in [-0.3, -0.25) is 4.79 Å². The Bertz CT molecular complexity index is 923. The first-order valence-corrected chi connectivity index (χ1v) is 8.80. The molecule has 0 saturated carbocycles. The van der Waals surface area contributed by atoms with Crippen LogP contribution in [-0.4, -0.2) is 23.3 Å². The second kappa shape index (κ2) is 8.14. The van der Waals surface area contributed by atoms with Crippen molar-refractivity contribution in [2.24, 2.45) is 5.73 Å². The number of nitrogens with zero attached hydrogens (tertiary/aromatic N) is 1. The summed E-state index contributed by atoms with van der Waals surface area (Å²) in [6, 6.07) is 13.2. The summed E-state index contributed by atoms with van der Waals surface area (Å²) in [6.07, 6.45) is 3.16. The zero-order valence-corrected chi connectivity index (χ0v) is 14.6. The van der Waals surface area contributed by atoms with E-state index < -0.39 is 0 Å². The fraction of sp³-hybridized carbons (Fsp3) is 0.263. The molecule has 6 heteroatoms. The highest BCUT2D eigenvalue weighted by molar-refractivity contribution is 6.33. The van der Waals surface area contributed by atoms with Crippen molar-refractivity contribution in [3.63, 3.8) is 0 Å². The minimum Gasteiger partial charge on any atom is -0.384 e. The average Bonchev–Trinajstić information content (AvgIpc) is 2.64. The number of rotatable bonds is 7. The Labute approximate surface area is 151 Å². The number of benzene rings is 2. The van der Waals surface area contributed by atoms with E-state index in [9.17, 15) is 4.79 Å². The first-order chi connectivity index (χ1) is 12.2. The summed E-state index contributed by atoms with van der Waals surface area (Å²) in [5.41, 5.74) is 7.83. The van der Waals surface area contributed by atoms with Gasteiger partial charge in [-0.2, -0.15) is 5.10 Å². The maximum atomic E-state index is 12.0. The number of aromatic amines is 1. The van der Waals surface area contributed by atoms with Gasteiger partial charge in [0.25, 0.3) is 5.56 Å². The number of nitrogens with one attached hydrogen (secondary N) is 2. The van der Waals surface area contributed by atoms with Crippen LogP contribution in [0.25, 0.3) is 22.0 Å². The number of aromatic nitrogens is 2. The van der Waals surface area contributed by atoms with E-state index in [1.165, 1.54) is 0 Å². The number of anilines is 1. The number of hydrogen-bond donors (Lipinski definition) is 3. The highest BCUT2D eigenvalue weighted by atomic mass is 35.5. The summed E-state index contributed by atoms with van der Waals surface area (Å²) in [4.78, 5) is 12.0. The van der Waals surface area contributed by atoms with Crippen molar-refractivity contribution in [1.29, 1.82) is 0 Å². The van der Waals surface area contributed by atoms with Gasteiger partial charge in [0.15, 0.2) is 0 Å². The maximum absolute atomic E-state index is 12.0. The molecule has 4 N–H and O–H groups in total. The second-order valence-electron chi connectivity index (χ2n) is 5.92. The zero-order valence-electron chi connectivity index (χ0n) is 13.9. The van der Waals surface area contributed by atoms with Crippen LogP contribution in [0.5, 0.6) is 0 Å². The number of halogens is 1. The van der Waals surface area contributed by atoms with E-state index in [0.717, 1.165) is 54.7 Å². The lowest BCUT2D eigenvalue weighted by molar-refractivity contribution is 0.707. The molecule has 0 amide bonds. The highest BCUT2D eigenvalue weighted by Gasteiger charge is 2.10. The van der Waals surface area contributed by atoms with Gasteiger partial charge in [-0.25, -0.2) is 5.10 Å². The third kappa shape index (κ3) is 4.00. The van der Waals surface area contributed by atoms with Crippen LogP contribution >= 0.6 is 11.6 Å². The van der Waals surface area contributed by atoms with Crippen LogP contribution in [0.2, 0.25) is 5.02 Å². The van der Waals surface area contributed by atoms with E-state index in [-0.39, 0.29) is 5.56 Å². The van der Waals surface area contributed by atoms with Crippen molar-refractivity contribution in [1.82, 2.24) is 10.2 Å². The predicted octanol–water partition coefficient (Wildman–Crippen LogP) is 3.78. The quantitative estimate of drug-likeness (QED) is 0.562. The summed E-state index contributed by atoms with van der Waals surface area (Å²) < 4.78 is 0. The van der Waals surface area contributed by atoms with Crippen molar-refractivity contribution in [3.8, 4) is 11.3 Å². The Hall–Kier alpha value is -2.37. The molecule has 0 aliphatic rings. The molecule has 130 valence electrons. The summed E-state index contributed by atoms with van der Waals surface area (Å²) in [5, 5.41) is 12.3. The topological polar surface area (TPSA) is 83.8 Å². The van der Waals surface area contributed by atoms with Gasteiger partial charge < -0.3 is 11.1 Å². The van der Waals surface area contributed by atoms with Crippen molar-refractivity contribution in [3.05, 3.63) is 57.8 Å². The van der Waals surface area contributed by atoms with Crippen LogP contribution in [-0.2, 0) is 0 Å². The third-order valence-electron chi connectivity index (χ3n) is 4.13. The molecular weight excluding hydrogens is 336 g/mol. The van der Waals surface area contributed by atoms with Gasteiger partial charge in [0, 0.05) is 17.5 Å². The Balaban J connectivity index is 1.90. The monoisotopic (exact) mass is 356 g/mol. The normalized spacial score (nSPS) is 11.0. The lowest BCUT2D eigenvalue weighted by atomic mass is 10.0. The van der Waals surface area contributed by atoms with E-state index in [4.69, 9.17) is 17.3 Å². The molecule has 5 nitrogen and oxygen atoms in total. The first kappa shape index (κ1) is 17.5. The smallest absolute Gasteiger partial charge is 0.272 e. The fourth-order valence-electron chi connectivity index (χ4n) is 2.81. The molecule has 1 heterocycles. The molecular formula is C19H21ClN4O. The van der Waals surface area contributed by atoms with Crippen molar-refractivity contribution in [2.75, 3.05) is 18.4 Å². The molecule has 0 aliphatic heterocycles. The van der Waals surface area contributed by atoms with Gasteiger partial charge in [-0.15, -0.1) is 0 Å². The average molecular weight is 357 g/mol. The van der Waals surface area contributed by atoms with Gasteiger partial charge in [0.1, 0.15) is 0 Å². The third-order valence-corrected chi connectivity index (χ3v) is 4.46. The van der Waals surface area contributed by atoms with Gasteiger partial charge >= 0.3 is 0 Å². The number of fused-ring (bicyclic) bond motifs is 1. The number of nitrogens with two attached hydrogens (primary N) is 1. The number of hydrogen-bond acceptors (Lipinski definition) is 4. The molecule has 0 fully saturated rings. The summed E-state index contributed by atoms with van der Waals surface area (Å²) in [6.45, 7) is 1.56. The first-order valence-electron chi connectivity index (χ1n) is 8.42. The Kier molecular flexibility index (Phi) is 5.68. The van der Waals surface area contributed by atoms with Crippen LogP contribution < -0.4 is 16.6 Å². The van der Waals surface area contributed by atoms with Crippen molar-refractivity contribution >= 4 is 28.1 Å². The summed E-state index contributed by atoms with van der Waals surface area (Å²) in [5.74, 6) is 0. The predicted molar refractivity (Wildman–Crippen MR) is 104 cm³/mol. The van der Waals surface area contributed by atoms with Crippen LogP contribution in [0.3, 0.4) is 0 Å². The maximum Gasteiger partial charge on any atom is 0.272 e. The Morgan fingerprint density at radius 2 is 1.88 bits per heavy atom. The molecule has 0 aliphatic carbocycles. The molecule has 0 bridgehead atoms. The molecule has 0 saturated heterocycles. The van der Waals surface area contributed by atoms with E-state index in [2.05, 4.69) is 15.5 Å². The van der Waals surface area contributed by atoms with E-state index in [0.29, 0.717) is 10.4 Å². The van der Waals surface area contributed by atoms with Crippen molar-refractivity contribution < 1.29 is 0 Å². The lowest BCUT2D eigenvalue weighted by Crippen LogP contribution is -2.09. The van der Waals surface area contributed by atoms with E-state index >= 15 is 0 Å². The minimum absolute atomic E-state index is 0.188. The number of unbranched alkanes of at least 4 members (excludes halogenated alkanes) is 2. The van der Waals surface area contributed by atoms with Gasteiger partial charge in [-0.1, -0.05) is 42.3 Å². The molecule has 25 heavy (non-hydrogen) atoms.